The number of halogens is 3. The van der Waals surface area contributed by atoms with Crippen LogP contribution >= 0.6 is 11.6 Å². The smallest absolute Gasteiger partial charge is 0.387 e. The third kappa shape index (κ3) is 4.66. The lowest BCUT2D eigenvalue weighted by atomic mass is 10.2. The molecule has 0 amide bonds. The molecule has 2 N–H and O–H groups in total. The number of hydrogen-bond donors (Lipinski definition) is 2. The van der Waals surface area contributed by atoms with Gasteiger partial charge in [0.05, 0.1) is 17.7 Å². The van der Waals surface area contributed by atoms with Crippen molar-refractivity contribution < 1.29 is 23.4 Å². The molecular formula is C22H19ClF2N4O5. The second kappa shape index (κ2) is 9.27. The van der Waals surface area contributed by atoms with E-state index in [0.717, 1.165) is 0 Å². The number of aryl methyl sites for hydroxylation is 1. The minimum Gasteiger partial charge on any atom is -0.456 e. The van der Waals surface area contributed by atoms with Crippen molar-refractivity contribution in [3.63, 3.8) is 0 Å². The number of rotatable bonds is 7. The number of ether oxygens (including phenoxy) is 2. The van der Waals surface area contributed by atoms with Crippen LogP contribution < -0.4 is 20.7 Å². The second-order valence-corrected chi connectivity index (χ2v) is 7.89. The van der Waals surface area contributed by atoms with Crippen LogP contribution in [0, 0.1) is 0 Å². The van der Waals surface area contributed by atoms with Gasteiger partial charge in [0.15, 0.2) is 11.2 Å². The number of H-pyrrole nitrogens is 1. The lowest BCUT2D eigenvalue weighted by molar-refractivity contribution is -0.0498. The van der Waals surface area contributed by atoms with Crippen molar-refractivity contribution in [2.75, 3.05) is 0 Å². The molecule has 0 aliphatic carbocycles. The average molecular weight is 493 g/mol. The number of alkyl halides is 2. The molecule has 9 nitrogen and oxygen atoms in total. The van der Waals surface area contributed by atoms with Gasteiger partial charge in [0.2, 0.25) is 0 Å². The Hall–Kier alpha value is -3.70. The number of hydrogen-bond acceptors (Lipinski definition) is 6. The number of aromatic amines is 1. The highest BCUT2D eigenvalue weighted by atomic mass is 35.5. The predicted octanol–water partition coefficient (Wildman–Crippen LogP) is 3.52. The molecule has 178 valence electrons. The maximum absolute atomic E-state index is 12.4. The van der Waals surface area contributed by atoms with Crippen LogP contribution in [-0.4, -0.2) is 36.9 Å². The number of fused-ring (bicyclic) bond motifs is 1. The van der Waals surface area contributed by atoms with Crippen LogP contribution in [0.15, 0.2) is 52.1 Å². The number of nitrogens with one attached hydrogen (secondary N) is 1. The first kappa shape index (κ1) is 23.5. The van der Waals surface area contributed by atoms with Gasteiger partial charge in [-0.15, -0.1) is 0 Å². The van der Waals surface area contributed by atoms with Gasteiger partial charge in [-0.3, -0.25) is 14.3 Å². The van der Waals surface area contributed by atoms with E-state index < -0.39 is 24.0 Å². The maximum Gasteiger partial charge on any atom is 0.387 e. The number of imidazole rings is 1. The Labute approximate surface area is 195 Å². The zero-order valence-corrected chi connectivity index (χ0v) is 18.7. The van der Waals surface area contributed by atoms with Gasteiger partial charge in [0, 0.05) is 12.6 Å². The Morgan fingerprint density at radius 2 is 1.82 bits per heavy atom. The Balaban J connectivity index is 1.68. The zero-order chi connectivity index (χ0) is 24.6. The highest BCUT2D eigenvalue weighted by Crippen LogP contribution is 2.34. The van der Waals surface area contributed by atoms with E-state index in [1.165, 1.54) is 40.3 Å². The molecule has 0 bridgehead atoms. The lowest BCUT2D eigenvalue weighted by Crippen LogP contribution is -2.33. The summed E-state index contributed by atoms with van der Waals surface area (Å²) >= 11 is 6.39. The molecule has 0 aliphatic rings. The van der Waals surface area contributed by atoms with Crippen molar-refractivity contribution in [2.45, 2.75) is 26.2 Å². The van der Waals surface area contributed by atoms with E-state index in [0.29, 0.717) is 22.9 Å². The number of aliphatic hydroxyl groups is 1. The molecule has 0 spiro atoms. The van der Waals surface area contributed by atoms with Crippen molar-refractivity contribution >= 4 is 22.8 Å². The summed E-state index contributed by atoms with van der Waals surface area (Å²) < 4.78 is 37.3. The molecule has 2 heterocycles. The first-order valence-electron chi connectivity index (χ1n) is 10.0. The van der Waals surface area contributed by atoms with Crippen molar-refractivity contribution in [2.24, 2.45) is 7.05 Å². The molecule has 4 aromatic rings. The molecule has 0 saturated heterocycles. The first-order chi connectivity index (χ1) is 16.1. The average Bonchev–Trinajstić information content (AvgIpc) is 3.11. The van der Waals surface area contributed by atoms with Gasteiger partial charge < -0.3 is 19.1 Å². The fourth-order valence-corrected chi connectivity index (χ4v) is 3.70. The zero-order valence-electron chi connectivity index (χ0n) is 18.0. The van der Waals surface area contributed by atoms with Gasteiger partial charge in [-0.2, -0.15) is 8.78 Å². The van der Waals surface area contributed by atoms with E-state index in [1.54, 1.807) is 25.2 Å². The predicted molar refractivity (Wildman–Crippen MR) is 121 cm³/mol. The number of nitrogens with zero attached hydrogens (tertiary/aromatic N) is 3. The molecule has 1 atom stereocenters. The monoisotopic (exact) mass is 492 g/mol. The van der Waals surface area contributed by atoms with Crippen LogP contribution in [0.5, 0.6) is 17.2 Å². The first-order valence-corrected chi connectivity index (χ1v) is 10.4. The van der Waals surface area contributed by atoms with Crippen molar-refractivity contribution in [3.8, 4) is 28.6 Å². The van der Waals surface area contributed by atoms with Gasteiger partial charge in [-0.05, 0) is 49.4 Å². The van der Waals surface area contributed by atoms with Crippen LogP contribution in [0.2, 0.25) is 5.02 Å². The van der Waals surface area contributed by atoms with E-state index in [-0.39, 0.29) is 28.5 Å². The van der Waals surface area contributed by atoms with E-state index in [4.69, 9.17) is 16.3 Å². The van der Waals surface area contributed by atoms with Gasteiger partial charge in [0.25, 0.3) is 5.56 Å². The summed E-state index contributed by atoms with van der Waals surface area (Å²) in [7, 11) is 1.62. The quantitative estimate of drug-likeness (QED) is 0.408. The normalized spacial score (nSPS) is 12.3. The van der Waals surface area contributed by atoms with Crippen LogP contribution in [0.4, 0.5) is 8.78 Å². The standard InChI is InChI=1S/C22H19ClF2N4O5/c1-11(30)10-29-19-17(20(31)27-22(29)32)28(2)18(26-19)12-3-8-16(15(23)9-12)33-13-4-6-14(7-5-13)34-21(24)25/h3-9,11,21,30H,10H2,1-2H3,(H,27,31,32). The molecule has 0 saturated carbocycles. The third-order valence-electron chi connectivity index (χ3n) is 4.93. The van der Waals surface area contributed by atoms with Crippen LogP contribution in [0.25, 0.3) is 22.6 Å². The molecule has 1 unspecified atom stereocenters. The van der Waals surface area contributed by atoms with Gasteiger partial charge in [-0.25, -0.2) is 9.78 Å². The highest BCUT2D eigenvalue weighted by molar-refractivity contribution is 6.32. The minimum absolute atomic E-state index is 0.00491. The minimum atomic E-state index is -2.92. The Bertz CT molecular complexity index is 1460. The van der Waals surface area contributed by atoms with Crippen molar-refractivity contribution in [1.29, 1.82) is 0 Å². The van der Waals surface area contributed by atoms with Crippen molar-refractivity contribution in [3.05, 3.63) is 68.3 Å². The van der Waals surface area contributed by atoms with E-state index in [2.05, 4.69) is 14.7 Å². The fourth-order valence-electron chi connectivity index (χ4n) is 3.48. The lowest BCUT2D eigenvalue weighted by Gasteiger charge is -2.10. The van der Waals surface area contributed by atoms with Gasteiger partial charge in [0.1, 0.15) is 23.1 Å². The summed E-state index contributed by atoms with van der Waals surface area (Å²) in [6.07, 6.45) is -0.834. The molecule has 0 radical (unpaired) electrons. The Morgan fingerprint density at radius 3 is 2.44 bits per heavy atom. The largest absolute Gasteiger partial charge is 0.456 e. The van der Waals surface area contributed by atoms with Gasteiger partial charge >= 0.3 is 12.3 Å². The third-order valence-corrected chi connectivity index (χ3v) is 5.22. The number of aromatic nitrogens is 4. The molecule has 0 fully saturated rings. The number of aliphatic hydroxyl groups excluding tert-OH is 1. The second-order valence-electron chi connectivity index (χ2n) is 7.48. The van der Waals surface area contributed by atoms with Crippen molar-refractivity contribution in [1.82, 2.24) is 19.1 Å². The van der Waals surface area contributed by atoms with E-state index >= 15 is 0 Å². The fraction of sp³-hybridized carbons (Fsp3) is 0.227. The summed E-state index contributed by atoms with van der Waals surface area (Å²) in [5.74, 6) is 1.02. The summed E-state index contributed by atoms with van der Waals surface area (Å²) in [6, 6.07) is 10.4. The molecule has 2 aromatic carbocycles. The topological polar surface area (TPSA) is 111 Å². The van der Waals surface area contributed by atoms with Crippen LogP contribution in [0.3, 0.4) is 0 Å². The summed E-state index contributed by atoms with van der Waals surface area (Å²) in [5, 5.41) is 9.97. The molecule has 2 aromatic heterocycles. The maximum atomic E-state index is 12.4. The van der Waals surface area contributed by atoms with E-state index in [9.17, 15) is 23.5 Å². The van der Waals surface area contributed by atoms with Crippen LogP contribution in [0.1, 0.15) is 6.92 Å². The molecular weight excluding hydrogens is 474 g/mol. The SMILES string of the molecule is CC(O)Cn1c(=O)[nH]c(=O)c2c1nc(-c1ccc(Oc3ccc(OC(F)F)cc3)c(Cl)c1)n2C. The Morgan fingerprint density at radius 1 is 1.15 bits per heavy atom. The Kier molecular flexibility index (Phi) is 6.40. The summed E-state index contributed by atoms with van der Waals surface area (Å²) in [4.78, 5) is 31.4. The summed E-state index contributed by atoms with van der Waals surface area (Å²) in [6.45, 7) is -1.45. The van der Waals surface area contributed by atoms with Gasteiger partial charge in [-0.1, -0.05) is 11.6 Å². The molecule has 12 heteroatoms. The molecule has 4 rings (SSSR count). The summed E-state index contributed by atoms with van der Waals surface area (Å²) in [5.41, 5.74) is -0.428. The highest BCUT2D eigenvalue weighted by Gasteiger charge is 2.19. The number of benzene rings is 2. The van der Waals surface area contributed by atoms with E-state index in [1.807, 2.05) is 0 Å². The molecule has 34 heavy (non-hydrogen) atoms. The van der Waals surface area contributed by atoms with Crippen LogP contribution in [-0.2, 0) is 13.6 Å². The molecule has 0 aliphatic heterocycles.